The highest BCUT2D eigenvalue weighted by molar-refractivity contribution is 5.74. The van der Waals surface area contributed by atoms with Gasteiger partial charge in [-0.25, -0.2) is 0 Å². The number of aliphatic hydroxyl groups excluding tert-OH is 1. The van der Waals surface area contributed by atoms with Gasteiger partial charge in [0.2, 0.25) is 0 Å². The molecule has 0 saturated carbocycles. The molecule has 5 heteroatoms. The van der Waals surface area contributed by atoms with Crippen molar-refractivity contribution in [3.63, 3.8) is 0 Å². The molecular weight excluding hydrogens is 208 g/mol. The van der Waals surface area contributed by atoms with Gasteiger partial charge < -0.3 is 10.2 Å². The van der Waals surface area contributed by atoms with Gasteiger partial charge >= 0.3 is 5.97 Å². The molecule has 0 saturated heterocycles. The maximum absolute atomic E-state index is 11.0. The third-order valence-electron chi connectivity index (χ3n) is 2.66. The van der Waals surface area contributed by atoms with Crippen LogP contribution in [0, 0.1) is 5.41 Å². The predicted molar refractivity (Wildman–Crippen MR) is 58.9 cm³/mol. The van der Waals surface area contributed by atoms with Gasteiger partial charge in [0, 0.05) is 18.3 Å². The second-order valence-corrected chi connectivity index (χ2v) is 4.47. The zero-order valence-electron chi connectivity index (χ0n) is 9.84. The second kappa shape index (κ2) is 4.65. The van der Waals surface area contributed by atoms with Crippen molar-refractivity contribution in [3.05, 3.63) is 18.0 Å². The monoisotopic (exact) mass is 226 g/mol. The molecule has 0 fully saturated rings. The molecule has 0 aliphatic carbocycles. The van der Waals surface area contributed by atoms with Crippen LogP contribution < -0.4 is 0 Å². The van der Waals surface area contributed by atoms with Gasteiger partial charge in [-0.15, -0.1) is 0 Å². The van der Waals surface area contributed by atoms with Crippen LogP contribution in [0.25, 0.3) is 0 Å². The van der Waals surface area contributed by atoms with Gasteiger partial charge in [-0.05, 0) is 20.3 Å². The van der Waals surface area contributed by atoms with E-state index in [9.17, 15) is 9.90 Å². The number of carbonyl (C=O) groups is 1. The summed E-state index contributed by atoms with van der Waals surface area (Å²) in [6.07, 6.45) is 3.11. The number of hydrogen-bond acceptors (Lipinski definition) is 3. The highest BCUT2D eigenvalue weighted by Crippen LogP contribution is 2.33. The summed E-state index contributed by atoms with van der Waals surface area (Å²) < 4.78 is 1.70. The summed E-state index contributed by atoms with van der Waals surface area (Å²) >= 11 is 0. The Kier molecular flexibility index (Phi) is 3.70. The van der Waals surface area contributed by atoms with Gasteiger partial charge in [0.1, 0.15) is 0 Å². The van der Waals surface area contributed by atoms with Crippen molar-refractivity contribution in [2.75, 3.05) is 0 Å². The zero-order chi connectivity index (χ0) is 12.3. The van der Waals surface area contributed by atoms with E-state index in [2.05, 4.69) is 5.10 Å². The Morgan fingerprint density at radius 3 is 2.75 bits per heavy atom. The maximum atomic E-state index is 11.0. The third kappa shape index (κ3) is 2.41. The normalized spacial score (nSPS) is 13.8. The lowest BCUT2D eigenvalue weighted by Gasteiger charge is -2.24. The van der Waals surface area contributed by atoms with Crippen LogP contribution in [0.1, 0.15) is 38.9 Å². The summed E-state index contributed by atoms with van der Waals surface area (Å²) in [6.45, 7) is 5.79. The predicted octanol–water partition coefficient (Wildman–Crippen LogP) is 1.44. The molecule has 1 atom stereocenters. The van der Waals surface area contributed by atoms with E-state index in [1.165, 1.54) is 20.0 Å². The molecule has 0 aliphatic rings. The lowest BCUT2D eigenvalue weighted by molar-refractivity contribution is -0.153. The first-order valence-electron chi connectivity index (χ1n) is 5.33. The zero-order valence-corrected chi connectivity index (χ0v) is 9.84. The number of rotatable bonds is 5. The van der Waals surface area contributed by atoms with E-state index >= 15 is 0 Å². The molecule has 1 unspecified atom stereocenters. The quantitative estimate of drug-likeness (QED) is 0.796. The second-order valence-electron chi connectivity index (χ2n) is 4.47. The molecule has 1 rings (SSSR count). The van der Waals surface area contributed by atoms with Gasteiger partial charge in [-0.2, -0.15) is 5.10 Å². The van der Waals surface area contributed by atoms with Gasteiger partial charge in [0.25, 0.3) is 0 Å². The standard InChI is InChI=1S/C11H18N2O3/c1-4-5-13-7-8(6-12-13)9(14)11(2,3)10(15)16/h6-7,9,14H,4-5H2,1-3H3,(H,15,16). The van der Waals surface area contributed by atoms with Crippen LogP contribution in [-0.4, -0.2) is 26.0 Å². The number of aromatic nitrogens is 2. The first kappa shape index (κ1) is 12.7. The Hall–Kier alpha value is -1.36. The van der Waals surface area contributed by atoms with Crippen molar-refractivity contribution in [2.45, 2.75) is 39.8 Å². The molecular formula is C11H18N2O3. The number of carboxylic acid groups (broad SMARTS) is 1. The molecule has 0 aromatic carbocycles. The molecule has 16 heavy (non-hydrogen) atoms. The van der Waals surface area contributed by atoms with E-state index < -0.39 is 17.5 Å². The van der Waals surface area contributed by atoms with E-state index in [0.29, 0.717) is 5.56 Å². The van der Waals surface area contributed by atoms with Crippen LogP contribution in [0.3, 0.4) is 0 Å². The summed E-state index contributed by atoms with van der Waals surface area (Å²) in [5.74, 6) is -1.02. The molecule has 0 bridgehead atoms. The molecule has 1 heterocycles. The van der Waals surface area contributed by atoms with Crippen LogP contribution in [-0.2, 0) is 11.3 Å². The highest BCUT2D eigenvalue weighted by atomic mass is 16.4. The van der Waals surface area contributed by atoms with Crippen LogP contribution >= 0.6 is 0 Å². The molecule has 5 nitrogen and oxygen atoms in total. The lowest BCUT2D eigenvalue weighted by Crippen LogP contribution is -2.31. The number of nitrogens with zero attached hydrogens (tertiary/aromatic N) is 2. The molecule has 1 aromatic heterocycles. The third-order valence-corrected chi connectivity index (χ3v) is 2.66. The maximum Gasteiger partial charge on any atom is 0.312 e. The van der Waals surface area contributed by atoms with E-state index in [1.54, 1.807) is 10.9 Å². The number of aliphatic carboxylic acids is 1. The van der Waals surface area contributed by atoms with Crippen molar-refractivity contribution in [1.29, 1.82) is 0 Å². The van der Waals surface area contributed by atoms with E-state index in [-0.39, 0.29) is 0 Å². The Bertz CT molecular complexity index is 371. The average Bonchev–Trinajstić information content (AvgIpc) is 2.65. The molecule has 90 valence electrons. The fraction of sp³-hybridized carbons (Fsp3) is 0.636. The van der Waals surface area contributed by atoms with Crippen molar-refractivity contribution in [2.24, 2.45) is 5.41 Å². The molecule has 0 radical (unpaired) electrons. The number of carboxylic acids is 1. The molecule has 0 spiro atoms. The minimum absolute atomic E-state index is 0.542. The smallest absolute Gasteiger partial charge is 0.312 e. The van der Waals surface area contributed by atoms with Crippen molar-refractivity contribution in [1.82, 2.24) is 9.78 Å². The summed E-state index contributed by atoms with van der Waals surface area (Å²) in [6, 6.07) is 0. The van der Waals surface area contributed by atoms with Crippen LogP contribution in [0.4, 0.5) is 0 Å². The van der Waals surface area contributed by atoms with Crippen LogP contribution in [0.5, 0.6) is 0 Å². The van der Waals surface area contributed by atoms with Gasteiger partial charge in [-0.1, -0.05) is 6.92 Å². The number of hydrogen-bond donors (Lipinski definition) is 2. The first-order chi connectivity index (χ1) is 7.39. The summed E-state index contributed by atoms with van der Waals surface area (Å²) in [5, 5.41) is 23.0. The summed E-state index contributed by atoms with van der Waals surface area (Å²) in [5.41, 5.74) is -0.666. The lowest BCUT2D eigenvalue weighted by atomic mass is 9.84. The molecule has 1 aromatic rings. The topological polar surface area (TPSA) is 75.4 Å². The van der Waals surface area contributed by atoms with Crippen LogP contribution in [0.2, 0.25) is 0 Å². The summed E-state index contributed by atoms with van der Waals surface area (Å²) in [7, 11) is 0. The molecule has 0 aliphatic heterocycles. The Balaban J connectivity index is 2.87. The van der Waals surface area contributed by atoms with Gasteiger partial charge in [0.15, 0.2) is 0 Å². The van der Waals surface area contributed by atoms with E-state index in [1.807, 2.05) is 6.92 Å². The fourth-order valence-electron chi connectivity index (χ4n) is 1.41. The van der Waals surface area contributed by atoms with Gasteiger partial charge in [0.05, 0.1) is 17.7 Å². The average molecular weight is 226 g/mol. The SMILES string of the molecule is CCCn1cc(C(O)C(C)(C)C(=O)O)cn1. The van der Waals surface area contributed by atoms with Crippen molar-refractivity contribution in [3.8, 4) is 0 Å². The Morgan fingerprint density at radius 1 is 1.62 bits per heavy atom. The molecule has 2 N–H and O–H groups in total. The van der Waals surface area contributed by atoms with Crippen molar-refractivity contribution >= 4 is 5.97 Å². The van der Waals surface area contributed by atoms with E-state index in [4.69, 9.17) is 5.11 Å². The minimum atomic E-state index is -1.21. The number of aliphatic hydroxyl groups is 1. The first-order valence-corrected chi connectivity index (χ1v) is 5.33. The highest BCUT2D eigenvalue weighted by Gasteiger charge is 2.37. The summed E-state index contributed by atoms with van der Waals surface area (Å²) in [4.78, 5) is 11.0. The van der Waals surface area contributed by atoms with Gasteiger partial charge in [-0.3, -0.25) is 9.48 Å². The Morgan fingerprint density at radius 2 is 2.25 bits per heavy atom. The number of aryl methyl sites for hydroxylation is 1. The Labute approximate surface area is 94.7 Å². The largest absolute Gasteiger partial charge is 0.481 e. The molecule has 0 amide bonds. The van der Waals surface area contributed by atoms with Crippen molar-refractivity contribution < 1.29 is 15.0 Å². The fourth-order valence-corrected chi connectivity index (χ4v) is 1.41. The minimum Gasteiger partial charge on any atom is -0.481 e. The van der Waals surface area contributed by atoms with Crippen LogP contribution in [0.15, 0.2) is 12.4 Å². The van der Waals surface area contributed by atoms with E-state index in [0.717, 1.165) is 13.0 Å².